The van der Waals surface area contributed by atoms with Gasteiger partial charge in [0.25, 0.3) is 0 Å². The maximum atomic E-state index is 6.07. The molecule has 4 heterocycles. The van der Waals surface area contributed by atoms with Gasteiger partial charge in [0.15, 0.2) is 5.65 Å². The Morgan fingerprint density at radius 2 is 2.26 bits per heavy atom. The number of pyridine rings is 1. The summed E-state index contributed by atoms with van der Waals surface area (Å²) in [5.74, 6) is 1.09. The Bertz CT molecular complexity index is 639. The van der Waals surface area contributed by atoms with Gasteiger partial charge in [0.05, 0.1) is 25.4 Å². The third-order valence-electron chi connectivity index (χ3n) is 4.15. The first kappa shape index (κ1) is 11.0. The van der Waals surface area contributed by atoms with Crippen LogP contribution in [0.3, 0.4) is 0 Å². The highest BCUT2D eigenvalue weighted by Crippen LogP contribution is 2.43. The molecule has 100 valence electrons. The summed E-state index contributed by atoms with van der Waals surface area (Å²) in [6.45, 7) is 0. The standard InChI is InChI=1S/C13H16N4O2/c1-18-11-5-3-8-12(16-11)17(13(14)15-8)9-6-7-2-4-10(9)19-7/h3,5,7,9-10H,2,4,6H2,1H3,(H2,14,15). The van der Waals surface area contributed by atoms with Gasteiger partial charge in [-0.2, -0.15) is 4.98 Å². The third-order valence-corrected chi connectivity index (χ3v) is 4.15. The molecule has 0 aliphatic carbocycles. The second kappa shape index (κ2) is 3.84. The molecule has 3 unspecified atom stereocenters. The summed E-state index contributed by atoms with van der Waals surface area (Å²) in [4.78, 5) is 8.87. The molecule has 2 aromatic rings. The molecule has 2 aliphatic heterocycles. The molecule has 6 nitrogen and oxygen atoms in total. The summed E-state index contributed by atoms with van der Waals surface area (Å²) >= 11 is 0. The van der Waals surface area contributed by atoms with Crippen LogP contribution in [0.15, 0.2) is 12.1 Å². The summed E-state index contributed by atoms with van der Waals surface area (Å²) in [5.41, 5.74) is 7.67. The fraction of sp³-hybridized carbons (Fsp3) is 0.538. The quantitative estimate of drug-likeness (QED) is 0.886. The fourth-order valence-corrected chi connectivity index (χ4v) is 3.30. The number of imidazole rings is 1. The number of hydrogen-bond donors (Lipinski definition) is 1. The molecule has 6 heteroatoms. The third kappa shape index (κ3) is 1.53. The number of nitrogens with two attached hydrogens (primary N) is 1. The van der Waals surface area contributed by atoms with Crippen LogP contribution in [-0.4, -0.2) is 33.9 Å². The van der Waals surface area contributed by atoms with Gasteiger partial charge >= 0.3 is 0 Å². The van der Waals surface area contributed by atoms with Gasteiger partial charge < -0.3 is 15.2 Å². The van der Waals surface area contributed by atoms with Gasteiger partial charge in [0.2, 0.25) is 11.8 Å². The SMILES string of the molecule is COc1ccc2nc(N)n(C3CC4CCC3O4)c2n1. The molecule has 2 N–H and O–H groups in total. The normalized spacial score (nSPS) is 29.2. The van der Waals surface area contributed by atoms with Crippen LogP contribution in [0.5, 0.6) is 5.88 Å². The van der Waals surface area contributed by atoms with E-state index in [1.807, 2.05) is 10.6 Å². The first-order valence-electron chi connectivity index (χ1n) is 6.60. The minimum Gasteiger partial charge on any atom is -0.481 e. The van der Waals surface area contributed by atoms with Crippen LogP contribution in [0, 0.1) is 0 Å². The van der Waals surface area contributed by atoms with E-state index in [1.165, 1.54) is 0 Å². The van der Waals surface area contributed by atoms with Crippen LogP contribution in [0.25, 0.3) is 11.2 Å². The van der Waals surface area contributed by atoms with E-state index >= 15 is 0 Å². The lowest BCUT2D eigenvalue weighted by atomic mass is 9.95. The van der Waals surface area contributed by atoms with Crippen molar-refractivity contribution < 1.29 is 9.47 Å². The van der Waals surface area contributed by atoms with Gasteiger partial charge in [-0.1, -0.05) is 0 Å². The number of fused-ring (bicyclic) bond motifs is 3. The zero-order valence-electron chi connectivity index (χ0n) is 10.7. The van der Waals surface area contributed by atoms with E-state index in [9.17, 15) is 0 Å². The molecule has 2 bridgehead atoms. The molecule has 2 aromatic heterocycles. The van der Waals surface area contributed by atoms with Gasteiger partial charge in [-0.3, -0.25) is 4.57 Å². The van der Waals surface area contributed by atoms with E-state index in [1.54, 1.807) is 13.2 Å². The second-order valence-electron chi connectivity index (χ2n) is 5.21. The molecule has 0 radical (unpaired) electrons. The summed E-state index contributed by atoms with van der Waals surface area (Å²) in [6.07, 6.45) is 3.87. The van der Waals surface area contributed by atoms with Crippen LogP contribution < -0.4 is 10.5 Å². The molecule has 19 heavy (non-hydrogen) atoms. The van der Waals surface area contributed by atoms with E-state index in [-0.39, 0.29) is 12.1 Å². The minimum atomic E-state index is 0.248. The molecule has 2 aliphatic rings. The zero-order chi connectivity index (χ0) is 13.0. The van der Waals surface area contributed by atoms with Crippen molar-refractivity contribution in [2.75, 3.05) is 12.8 Å². The molecular weight excluding hydrogens is 244 g/mol. The first-order valence-corrected chi connectivity index (χ1v) is 6.60. The number of rotatable bonds is 2. The number of hydrogen-bond acceptors (Lipinski definition) is 5. The highest BCUT2D eigenvalue weighted by atomic mass is 16.5. The molecule has 4 rings (SSSR count). The number of nitrogen functional groups attached to an aromatic ring is 1. The summed E-state index contributed by atoms with van der Waals surface area (Å²) in [5, 5.41) is 0. The number of methoxy groups -OCH3 is 1. The lowest BCUT2D eigenvalue weighted by Crippen LogP contribution is -2.22. The number of ether oxygens (including phenoxy) is 2. The van der Waals surface area contributed by atoms with Crippen LogP contribution >= 0.6 is 0 Å². The summed E-state index contributed by atoms with van der Waals surface area (Å²) in [7, 11) is 1.61. The van der Waals surface area contributed by atoms with Crippen molar-refractivity contribution in [3.8, 4) is 5.88 Å². The molecular formula is C13H16N4O2. The van der Waals surface area contributed by atoms with Crippen LogP contribution in [-0.2, 0) is 4.74 Å². The number of anilines is 1. The van der Waals surface area contributed by atoms with Crippen molar-refractivity contribution in [2.24, 2.45) is 0 Å². The topological polar surface area (TPSA) is 75.2 Å². The lowest BCUT2D eigenvalue weighted by molar-refractivity contribution is 0.0945. The minimum absolute atomic E-state index is 0.248. The predicted molar refractivity (Wildman–Crippen MR) is 70.0 cm³/mol. The molecule has 2 saturated heterocycles. The van der Waals surface area contributed by atoms with E-state index in [2.05, 4.69) is 9.97 Å². The largest absolute Gasteiger partial charge is 0.481 e. The van der Waals surface area contributed by atoms with Gasteiger partial charge in [0.1, 0.15) is 5.52 Å². The van der Waals surface area contributed by atoms with Crippen molar-refractivity contribution in [1.82, 2.24) is 14.5 Å². The molecule has 2 fully saturated rings. The van der Waals surface area contributed by atoms with Gasteiger partial charge in [-0.25, -0.2) is 4.98 Å². The Kier molecular flexibility index (Phi) is 2.23. The van der Waals surface area contributed by atoms with E-state index in [0.717, 1.165) is 30.4 Å². The molecule has 3 atom stereocenters. The Hall–Kier alpha value is -1.82. The van der Waals surface area contributed by atoms with Crippen molar-refractivity contribution in [3.05, 3.63) is 12.1 Å². The molecule has 0 aromatic carbocycles. The zero-order valence-corrected chi connectivity index (χ0v) is 10.7. The van der Waals surface area contributed by atoms with Gasteiger partial charge in [-0.05, 0) is 25.3 Å². The maximum absolute atomic E-state index is 6.07. The van der Waals surface area contributed by atoms with Crippen LogP contribution in [0.4, 0.5) is 5.95 Å². The second-order valence-corrected chi connectivity index (χ2v) is 5.21. The number of nitrogens with zero attached hydrogens (tertiary/aromatic N) is 3. The molecule has 0 spiro atoms. The van der Waals surface area contributed by atoms with Crippen LogP contribution in [0.2, 0.25) is 0 Å². The summed E-state index contributed by atoms with van der Waals surface area (Å²) < 4.78 is 13.1. The average Bonchev–Trinajstić information content (AvgIpc) is 3.09. The highest BCUT2D eigenvalue weighted by molar-refractivity contribution is 5.75. The van der Waals surface area contributed by atoms with Crippen molar-refractivity contribution in [3.63, 3.8) is 0 Å². The first-order chi connectivity index (χ1) is 9.26. The van der Waals surface area contributed by atoms with Crippen molar-refractivity contribution >= 4 is 17.1 Å². The number of aromatic nitrogens is 3. The summed E-state index contributed by atoms with van der Waals surface area (Å²) in [6, 6.07) is 3.95. The Morgan fingerprint density at radius 3 is 2.95 bits per heavy atom. The van der Waals surface area contributed by atoms with E-state index < -0.39 is 0 Å². The smallest absolute Gasteiger partial charge is 0.215 e. The average molecular weight is 260 g/mol. The maximum Gasteiger partial charge on any atom is 0.215 e. The highest BCUT2D eigenvalue weighted by Gasteiger charge is 2.43. The van der Waals surface area contributed by atoms with Crippen molar-refractivity contribution in [1.29, 1.82) is 0 Å². The molecule has 0 saturated carbocycles. The Labute approximate surface area is 110 Å². The lowest BCUT2D eigenvalue weighted by Gasteiger charge is -2.21. The van der Waals surface area contributed by atoms with Crippen LogP contribution in [0.1, 0.15) is 25.3 Å². The van der Waals surface area contributed by atoms with Gasteiger partial charge in [-0.15, -0.1) is 0 Å². The monoisotopic (exact) mass is 260 g/mol. The van der Waals surface area contributed by atoms with E-state index in [0.29, 0.717) is 17.9 Å². The molecule has 0 amide bonds. The van der Waals surface area contributed by atoms with Gasteiger partial charge in [0, 0.05) is 6.07 Å². The Balaban J connectivity index is 1.86. The Morgan fingerprint density at radius 1 is 1.37 bits per heavy atom. The van der Waals surface area contributed by atoms with Crippen molar-refractivity contribution in [2.45, 2.75) is 37.5 Å². The van der Waals surface area contributed by atoms with E-state index in [4.69, 9.17) is 15.2 Å². The fourth-order valence-electron chi connectivity index (χ4n) is 3.30. The predicted octanol–water partition coefficient (Wildman–Crippen LogP) is 1.51.